The summed E-state index contributed by atoms with van der Waals surface area (Å²) in [5.41, 5.74) is 6.51. The zero-order valence-electron chi connectivity index (χ0n) is 11.6. The van der Waals surface area contributed by atoms with Crippen LogP contribution in [0.4, 0.5) is 5.69 Å². The molecule has 0 fully saturated rings. The molecule has 2 aromatic rings. The third kappa shape index (κ3) is 2.77. The highest BCUT2D eigenvalue weighted by molar-refractivity contribution is 5.60. The first-order valence-electron chi connectivity index (χ1n) is 6.42. The van der Waals surface area contributed by atoms with Crippen molar-refractivity contribution in [1.82, 2.24) is 0 Å². The molecule has 0 aliphatic rings. The fourth-order valence-corrected chi connectivity index (χ4v) is 2.16. The molecule has 0 radical (unpaired) electrons. The quantitative estimate of drug-likeness (QED) is 0.890. The van der Waals surface area contributed by atoms with Gasteiger partial charge in [0.1, 0.15) is 6.07 Å². The van der Waals surface area contributed by atoms with Crippen LogP contribution in [-0.2, 0) is 6.54 Å². The SMILES string of the molecule is Cc1cccc(CNc2cccc(C)c2C#N)c1C. The zero-order valence-corrected chi connectivity index (χ0v) is 11.6. The molecule has 0 unspecified atom stereocenters. The van der Waals surface area contributed by atoms with Crippen LogP contribution < -0.4 is 5.32 Å². The molecule has 0 spiro atoms. The molecule has 0 bridgehead atoms. The first-order chi connectivity index (χ1) is 9.13. The Bertz CT molecular complexity index is 636. The minimum absolute atomic E-state index is 0.729. The zero-order chi connectivity index (χ0) is 13.8. The van der Waals surface area contributed by atoms with Gasteiger partial charge in [0.25, 0.3) is 0 Å². The van der Waals surface area contributed by atoms with Gasteiger partial charge in [-0.15, -0.1) is 0 Å². The Balaban J connectivity index is 2.22. The molecule has 0 amide bonds. The maximum absolute atomic E-state index is 9.21. The Morgan fingerprint density at radius 1 is 1.00 bits per heavy atom. The molecule has 2 aromatic carbocycles. The third-order valence-corrected chi connectivity index (χ3v) is 3.57. The summed E-state index contributed by atoms with van der Waals surface area (Å²) < 4.78 is 0. The Kier molecular flexibility index (Phi) is 3.87. The molecule has 0 atom stereocenters. The van der Waals surface area contributed by atoms with Crippen molar-refractivity contribution in [2.24, 2.45) is 0 Å². The van der Waals surface area contributed by atoms with E-state index in [1.54, 1.807) is 0 Å². The summed E-state index contributed by atoms with van der Waals surface area (Å²) in [5, 5.41) is 12.6. The van der Waals surface area contributed by atoms with Crippen LogP contribution in [0.1, 0.15) is 27.8 Å². The van der Waals surface area contributed by atoms with E-state index in [1.807, 2.05) is 25.1 Å². The van der Waals surface area contributed by atoms with Crippen LogP contribution in [0, 0.1) is 32.1 Å². The molecular formula is C17H18N2. The van der Waals surface area contributed by atoms with Crippen LogP contribution in [0.3, 0.4) is 0 Å². The maximum atomic E-state index is 9.21. The lowest BCUT2D eigenvalue weighted by Gasteiger charge is -2.12. The van der Waals surface area contributed by atoms with E-state index in [2.05, 4.69) is 43.4 Å². The number of benzene rings is 2. The number of nitrogens with one attached hydrogen (secondary N) is 1. The van der Waals surface area contributed by atoms with Gasteiger partial charge in [-0.05, 0) is 49.1 Å². The van der Waals surface area contributed by atoms with Crippen LogP contribution in [-0.4, -0.2) is 0 Å². The molecule has 96 valence electrons. The Labute approximate surface area is 114 Å². The number of anilines is 1. The topological polar surface area (TPSA) is 35.8 Å². The third-order valence-electron chi connectivity index (χ3n) is 3.57. The first-order valence-corrected chi connectivity index (χ1v) is 6.42. The van der Waals surface area contributed by atoms with Crippen molar-refractivity contribution in [1.29, 1.82) is 5.26 Å². The Hall–Kier alpha value is -2.27. The fourth-order valence-electron chi connectivity index (χ4n) is 2.16. The molecule has 0 aliphatic carbocycles. The minimum Gasteiger partial charge on any atom is -0.380 e. The van der Waals surface area contributed by atoms with Crippen LogP contribution in [0.2, 0.25) is 0 Å². The number of hydrogen-bond donors (Lipinski definition) is 1. The van der Waals surface area contributed by atoms with Crippen LogP contribution >= 0.6 is 0 Å². The molecule has 2 heteroatoms. The fraction of sp³-hybridized carbons (Fsp3) is 0.235. The van der Waals surface area contributed by atoms with E-state index < -0.39 is 0 Å². The van der Waals surface area contributed by atoms with Crippen molar-refractivity contribution in [2.75, 3.05) is 5.32 Å². The predicted molar refractivity (Wildman–Crippen MR) is 79.1 cm³/mol. The van der Waals surface area contributed by atoms with Crippen LogP contribution in [0.5, 0.6) is 0 Å². The van der Waals surface area contributed by atoms with Gasteiger partial charge in [0.2, 0.25) is 0 Å². The van der Waals surface area contributed by atoms with Gasteiger partial charge in [0, 0.05) is 6.54 Å². The summed E-state index contributed by atoms with van der Waals surface area (Å²) in [4.78, 5) is 0. The number of nitrogens with zero attached hydrogens (tertiary/aromatic N) is 1. The van der Waals surface area contributed by atoms with Crippen molar-refractivity contribution >= 4 is 5.69 Å². The molecule has 0 aliphatic heterocycles. The Morgan fingerprint density at radius 2 is 1.68 bits per heavy atom. The molecule has 2 nitrogen and oxygen atoms in total. The van der Waals surface area contributed by atoms with Gasteiger partial charge in [-0.25, -0.2) is 0 Å². The second-order valence-corrected chi connectivity index (χ2v) is 4.82. The largest absolute Gasteiger partial charge is 0.380 e. The highest BCUT2D eigenvalue weighted by Crippen LogP contribution is 2.20. The van der Waals surface area contributed by atoms with E-state index in [9.17, 15) is 5.26 Å². The van der Waals surface area contributed by atoms with E-state index >= 15 is 0 Å². The van der Waals surface area contributed by atoms with Gasteiger partial charge in [-0.1, -0.05) is 30.3 Å². The standard InChI is InChI=1S/C17H18N2/c1-12-6-4-8-15(14(12)3)11-19-17-9-5-7-13(2)16(17)10-18/h4-9,19H,11H2,1-3H3. The molecule has 0 saturated carbocycles. The van der Waals surface area contributed by atoms with Crippen molar-refractivity contribution < 1.29 is 0 Å². The lowest BCUT2D eigenvalue weighted by molar-refractivity contribution is 1.10. The monoisotopic (exact) mass is 250 g/mol. The van der Waals surface area contributed by atoms with Gasteiger partial charge in [-0.3, -0.25) is 0 Å². The van der Waals surface area contributed by atoms with Crippen molar-refractivity contribution in [3.8, 4) is 6.07 Å². The summed E-state index contributed by atoms with van der Waals surface area (Å²) >= 11 is 0. The highest BCUT2D eigenvalue weighted by Gasteiger charge is 2.05. The van der Waals surface area contributed by atoms with E-state index in [1.165, 1.54) is 16.7 Å². The van der Waals surface area contributed by atoms with Gasteiger partial charge in [0.05, 0.1) is 11.3 Å². The summed E-state index contributed by atoms with van der Waals surface area (Å²) in [6, 6.07) is 14.5. The van der Waals surface area contributed by atoms with Gasteiger partial charge in [-0.2, -0.15) is 5.26 Å². The average Bonchev–Trinajstić information content (AvgIpc) is 2.40. The van der Waals surface area contributed by atoms with Crippen LogP contribution in [0.25, 0.3) is 0 Å². The molecule has 2 rings (SSSR count). The molecular weight excluding hydrogens is 232 g/mol. The normalized spacial score (nSPS) is 10.0. The maximum Gasteiger partial charge on any atom is 0.102 e. The van der Waals surface area contributed by atoms with Gasteiger partial charge >= 0.3 is 0 Å². The lowest BCUT2D eigenvalue weighted by atomic mass is 10.0. The van der Waals surface area contributed by atoms with Gasteiger partial charge < -0.3 is 5.32 Å². The van der Waals surface area contributed by atoms with E-state index in [0.717, 1.165) is 23.4 Å². The number of nitriles is 1. The first kappa shape index (κ1) is 13.2. The molecule has 0 aromatic heterocycles. The Morgan fingerprint density at radius 3 is 2.42 bits per heavy atom. The summed E-state index contributed by atoms with van der Waals surface area (Å²) in [7, 11) is 0. The van der Waals surface area contributed by atoms with Crippen LogP contribution in [0.15, 0.2) is 36.4 Å². The van der Waals surface area contributed by atoms with Crippen molar-refractivity contribution in [3.63, 3.8) is 0 Å². The molecule has 19 heavy (non-hydrogen) atoms. The van der Waals surface area contributed by atoms with Crippen molar-refractivity contribution in [2.45, 2.75) is 27.3 Å². The lowest BCUT2D eigenvalue weighted by Crippen LogP contribution is -2.04. The van der Waals surface area contributed by atoms with E-state index in [4.69, 9.17) is 0 Å². The smallest absolute Gasteiger partial charge is 0.102 e. The van der Waals surface area contributed by atoms with Gasteiger partial charge in [0.15, 0.2) is 0 Å². The van der Waals surface area contributed by atoms with E-state index in [-0.39, 0.29) is 0 Å². The highest BCUT2D eigenvalue weighted by atomic mass is 14.9. The minimum atomic E-state index is 0.729. The second-order valence-electron chi connectivity index (χ2n) is 4.82. The number of hydrogen-bond acceptors (Lipinski definition) is 2. The summed E-state index contributed by atoms with van der Waals surface area (Å²) in [6.07, 6.45) is 0. The second kappa shape index (κ2) is 5.58. The summed E-state index contributed by atoms with van der Waals surface area (Å²) in [6.45, 7) is 6.95. The molecule has 0 saturated heterocycles. The summed E-state index contributed by atoms with van der Waals surface area (Å²) in [5.74, 6) is 0. The van der Waals surface area contributed by atoms with E-state index in [0.29, 0.717) is 0 Å². The van der Waals surface area contributed by atoms with Crippen molar-refractivity contribution in [3.05, 3.63) is 64.2 Å². The average molecular weight is 250 g/mol. The number of aryl methyl sites for hydroxylation is 2. The number of rotatable bonds is 3. The molecule has 1 N–H and O–H groups in total. The molecule has 0 heterocycles. The predicted octanol–water partition coefficient (Wildman–Crippen LogP) is 4.10.